The van der Waals surface area contributed by atoms with Crippen LogP contribution in [0.25, 0.3) is 38.6 Å². The average Bonchev–Trinajstić information content (AvgIpc) is 3.27. The summed E-state index contributed by atoms with van der Waals surface area (Å²) < 4.78 is 2.97. The maximum atomic E-state index is 13.2. The van der Waals surface area contributed by atoms with Crippen molar-refractivity contribution in [1.82, 2.24) is 29.5 Å². The van der Waals surface area contributed by atoms with Gasteiger partial charge in [0.15, 0.2) is 0 Å². The predicted molar refractivity (Wildman–Crippen MR) is 136 cm³/mol. The van der Waals surface area contributed by atoms with E-state index >= 15 is 0 Å². The molecule has 9 heteroatoms. The van der Waals surface area contributed by atoms with Gasteiger partial charge in [0.25, 0.3) is 17.4 Å². The second-order valence-corrected chi connectivity index (χ2v) is 8.68. The molecule has 2 amide bonds. The summed E-state index contributed by atoms with van der Waals surface area (Å²) >= 11 is 0. The number of hydrogen-bond donors (Lipinski definition) is 1. The molecule has 0 aliphatic carbocycles. The largest absolute Gasteiger partial charge is 0.344 e. The molecule has 0 spiro atoms. The van der Waals surface area contributed by atoms with Crippen LogP contribution in [0.4, 0.5) is 0 Å². The molecule has 4 aromatic rings. The summed E-state index contributed by atoms with van der Waals surface area (Å²) in [6.45, 7) is 11.4. The van der Waals surface area contributed by atoms with Gasteiger partial charge in [-0.3, -0.25) is 23.6 Å². The molecule has 9 nitrogen and oxygen atoms in total. The number of benzene rings is 2. The van der Waals surface area contributed by atoms with E-state index in [0.717, 1.165) is 26.6 Å². The highest BCUT2D eigenvalue weighted by atomic mass is 16.2. The maximum absolute atomic E-state index is 13.2. The van der Waals surface area contributed by atoms with Crippen LogP contribution < -0.4 is 10.9 Å². The minimum absolute atomic E-state index is 0.124. The Labute approximate surface area is 202 Å². The molecule has 1 N–H and O–H groups in total. The summed E-state index contributed by atoms with van der Waals surface area (Å²) in [5.41, 5.74) is 2.32. The molecule has 0 aliphatic rings. The lowest BCUT2D eigenvalue weighted by Crippen LogP contribution is -2.36. The summed E-state index contributed by atoms with van der Waals surface area (Å²) in [5, 5.41) is 8.28. The fourth-order valence-corrected chi connectivity index (χ4v) is 3.70. The van der Waals surface area contributed by atoms with Gasteiger partial charge >= 0.3 is 0 Å². The number of likely N-dealkylation sites (N-methyl/N-ethyl adjacent to an activating group) is 1. The van der Waals surface area contributed by atoms with E-state index in [9.17, 15) is 14.4 Å². The fourth-order valence-electron chi connectivity index (χ4n) is 3.70. The quantitative estimate of drug-likeness (QED) is 0.436. The van der Waals surface area contributed by atoms with Gasteiger partial charge in [-0.15, -0.1) is 0 Å². The van der Waals surface area contributed by atoms with Crippen LogP contribution in [-0.2, 0) is 9.59 Å². The number of para-hydroxylation sites is 1. The Kier molecular flexibility index (Phi) is 6.09. The highest BCUT2D eigenvalue weighted by molar-refractivity contribution is 6.15. The van der Waals surface area contributed by atoms with Gasteiger partial charge in [-0.25, -0.2) is 4.98 Å². The Morgan fingerprint density at radius 1 is 1.11 bits per heavy atom. The van der Waals surface area contributed by atoms with Crippen molar-refractivity contribution in [3.63, 3.8) is 0 Å². The molecule has 0 saturated heterocycles. The monoisotopic (exact) mass is 470 g/mol. The van der Waals surface area contributed by atoms with Crippen molar-refractivity contribution < 1.29 is 9.59 Å². The molecule has 2 aromatic heterocycles. The van der Waals surface area contributed by atoms with Crippen LogP contribution in [0.3, 0.4) is 0 Å². The second kappa shape index (κ2) is 9.02. The summed E-state index contributed by atoms with van der Waals surface area (Å²) in [5.74, 6) is -1.19. The van der Waals surface area contributed by atoms with E-state index in [2.05, 4.69) is 42.4 Å². The van der Waals surface area contributed by atoms with Gasteiger partial charge in [-0.1, -0.05) is 31.4 Å². The number of rotatable bonds is 6. The van der Waals surface area contributed by atoms with E-state index < -0.39 is 17.4 Å². The van der Waals surface area contributed by atoms with Gasteiger partial charge in [0.05, 0.1) is 22.1 Å². The van der Waals surface area contributed by atoms with Gasteiger partial charge in [-0.2, -0.15) is 5.10 Å². The molecule has 4 rings (SSSR count). The number of carbonyl (C=O) groups is 2. The molecule has 2 heterocycles. The normalized spacial score (nSPS) is 11.1. The number of amides is 2. The molecule has 0 atom stereocenters. The highest BCUT2D eigenvalue weighted by Gasteiger charge is 2.18. The van der Waals surface area contributed by atoms with E-state index in [0.29, 0.717) is 10.9 Å². The predicted octanol–water partition coefficient (Wildman–Crippen LogP) is 3.18. The van der Waals surface area contributed by atoms with Crippen LogP contribution in [0, 0.1) is 0 Å². The third-order valence-corrected chi connectivity index (χ3v) is 5.63. The third kappa shape index (κ3) is 4.35. The number of fused-ring (bicyclic) bond motifs is 2. The topological polar surface area (TPSA) is 102 Å². The molecule has 0 radical (unpaired) electrons. The summed E-state index contributed by atoms with van der Waals surface area (Å²) in [7, 11) is 3.08. The first-order valence-corrected chi connectivity index (χ1v) is 11.0. The summed E-state index contributed by atoms with van der Waals surface area (Å²) in [6, 6.07) is 11.5. The minimum Gasteiger partial charge on any atom is -0.344 e. The zero-order chi connectivity index (χ0) is 25.4. The maximum Gasteiger partial charge on any atom is 0.272 e. The molecule has 0 fully saturated rings. The first-order chi connectivity index (χ1) is 16.6. The Morgan fingerprint density at radius 2 is 1.86 bits per heavy atom. The third-order valence-electron chi connectivity index (χ3n) is 5.63. The van der Waals surface area contributed by atoms with Crippen LogP contribution in [-0.4, -0.2) is 50.1 Å². The smallest absolute Gasteiger partial charge is 0.272 e. The Morgan fingerprint density at radius 3 is 2.54 bits per heavy atom. The van der Waals surface area contributed by atoms with Crippen LogP contribution in [0.2, 0.25) is 0 Å². The van der Waals surface area contributed by atoms with Crippen LogP contribution >= 0.6 is 0 Å². The van der Waals surface area contributed by atoms with Gasteiger partial charge < -0.3 is 10.2 Å². The fraction of sp³-hybridized carbons (Fsp3) is 0.192. The Bertz CT molecular complexity index is 1580. The summed E-state index contributed by atoms with van der Waals surface area (Å²) in [6.07, 6.45) is 3.26. The average molecular weight is 471 g/mol. The van der Waals surface area contributed by atoms with E-state index in [4.69, 9.17) is 0 Å². The molecule has 0 aliphatic heterocycles. The van der Waals surface area contributed by atoms with Gasteiger partial charge in [0, 0.05) is 37.3 Å². The van der Waals surface area contributed by atoms with Crippen molar-refractivity contribution in [3.05, 3.63) is 78.1 Å². The molecule has 0 bridgehead atoms. The van der Waals surface area contributed by atoms with E-state index in [1.807, 2.05) is 35.1 Å². The van der Waals surface area contributed by atoms with Gasteiger partial charge in [0.2, 0.25) is 0 Å². The zero-order valence-corrected chi connectivity index (χ0v) is 20.1. The number of nitrogens with one attached hydrogen (secondary N) is 1. The molecular formula is C26H26N6O3. The van der Waals surface area contributed by atoms with Crippen molar-refractivity contribution in [1.29, 1.82) is 0 Å². The Balaban J connectivity index is 1.71. The Hall–Kier alpha value is -4.53. The van der Waals surface area contributed by atoms with E-state index in [1.165, 1.54) is 25.3 Å². The second-order valence-electron chi connectivity index (χ2n) is 8.68. The minimum atomic E-state index is -0.725. The number of nitrogens with zero attached hydrogens (tertiary/aromatic N) is 5. The van der Waals surface area contributed by atoms with Crippen LogP contribution in [0.15, 0.2) is 72.6 Å². The standard InChI is InChI=1S/C26H26N6O3/c1-15(2)32-13-19-12-18(10-11-22(19)29-32)20-8-7-9-21-23(20)27-14-31(26(21)35)17(4)24(33)28-16(3)25(34)30(5)6/h7-15H,3-4H2,1-2,5-6H3,(H,28,33). The van der Waals surface area contributed by atoms with Gasteiger partial charge in [0.1, 0.15) is 12.0 Å². The lowest BCUT2D eigenvalue weighted by Gasteiger charge is -2.15. The number of carbonyl (C=O) groups excluding carboxylic acids is 2. The summed E-state index contributed by atoms with van der Waals surface area (Å²) in [4.78, 5) is 43.6. The van der Waals surface area contributed by atoms with Crippen molar-refractivity contribution in [2.45, 2.75) is 19.9 Å². The van der Waals surface area contributed by atoms with E-state index in [1.54, 1.807) is 12.1 Å². The van der Waals surface area contributed by atoms with Crippen molar-refractivity contribution in [2.75, 3.05) is 14.1 Å². The first-order valence-electron chi connectivity index (χ1n) is 11.0. The zero-order valence-electron chi connectivity index (χ0n) is 20.1. The molecule has 0 saturated carbocycles. The van der Waals surface area contributed by atoms with Crippen LogP contribution in [0.5, 0.6) is 0 Å². The van der Waals surface area contributed by atoms with Gasteiger partial charge in [-0.05, 0) is 37.6 Å². The SMILES string of the molecule is C=C(NC(=O)C(=C)n1cnc2c(-c3ccc4nn(C(C)C)cc4c3)cccc2c1=O)C(=O)N(C)C. The molecular weight excluding hydrogens is 444 g/mol. The number of hydrogen-bond acceptors (Lipinski definition) is 5. The van der Waals surface area contributed by atoms with E-state index in [-0.39, 0.29) is 17.4 Å². The first kappa shape index (κ1) is 23.6. The molecule has 35 heavy (non-hydrogen) atoms. The van der Waals surface area contributed by atoms with Crippen molar-refractivity contribution >= 4 is 39.3 Å². The van der Waals surface area contributed by atoms with Crippen molar-refractivity contribution in [2.24, 2.45) is 0 Å². The van der Waals surface area contributed by atoms with Crippen LogP contribution in [0.1, 0.15) is 19.9 Å². The lowest BCUT2D eigenvalue weighted by molar-refractivity contribution is -0.126. The van der Waals surface area contributed by atoms with Crippen molar-refractivity contribution in [3.8, 4) is 11.1 Å². The lowest BCUT2D eigenvalue weighted by atomic mass is 10.0. The molecule has 178 valence electrons. The molecule has 2 aromatic carbocycles. The highest BCUT2D eigenvalue weighted by Crippen LogP contribution is 2.29. The molecule has 0 unspecified atom stereocenters. The number of aromatic nitrogens is 4.